The average Bonchev–Trinajstić information content (AvgIpc) is 3.28. The molecule has 27 heavy (non-hydrogen) atoms. The number of halogens is 1. The Labute approximate surface area is 174 Å². The van der Waals surface area contributed by atoms with E-state index < -0.39 is 0 Å². The standard InChI is InChI=1S/C17H22N8O.HI/c1-18-17(24(2)11-13-10-21-25(3)12-13)20-9-7-15-22-16(26-23-15)14-6-4-5-8-19-14;/h4-6,8,10,12H,7,9,11H2,1-3H3,(H,18,20);1H. The van der Waals surface area contributed by atoms with Crippen molar-refractivity contribution >= 4 is 29.9 Å². The molecule has 0 aliphatic rings. The van der Waals surface area contributed by atoms with Crippen molar-refractivity contribution in [1.82, 2.24) is 35.1 Å². The zero-order valence-corrected chi connectivity index (χ0v) is 17.9. The van der Waals surface area contributed by atoms with Crippen LogP contribution in [0.25, 0.3) is 11.6 Å². The van der Waals surface area contributed by atoms with Crippen LogP contribution in [0.5, 0.6) is 0 Å². The fourth-order valence-electron chi connectivity index (χ4n) is 2.52. The Morgan fingerprint density at radius 1 is 1.37 bits per heavy atom. The van der Waals surface area contributed by atoms with Crippen molar-refractivity contribution in [2.24, 2.45) is 12.0 Å². The first-order chi connectivity index (χ1) is 12.7. The molecular formula is C17H23IN8O. The van der Waals surface area contributed by atoms with Crippen molar-refractivity contribution in [2.75, 3.05) is 20.6 Å². The lowest BCUT2D eigenvalue weighted by atomic mass is 10.3. The van der Waals surface area contributed by atoms with Crippen molar-refractivity contribution < 1.29 is 4.52 Å². The van der Waals surface area contributed by atoms with E-state index in [1.54, 1.807) is 17.9 Å². The van der Waals surface area contributed by atoms with Gasteiger partial charge < -0.3 is 14.7 Å². The maximum atomic E-state index is 5.26. The van der Waals surface area contributed by atoms with Gasteiger partial charge in [0.25, 0.3) is 5.89 Å². The van der Waals surface area contributed by atoms with Gasteiger partial charge in [-0.1, -0.05) is 11.2 Å². The molecule has 0 amide bonds. The van der Waals surface area contributed by atoms with Gasteiger partial charge in [-0.3, -0.25) is 14.7 Å². The fraction of sp³-hybridized carbons (Fsp3) is 0.353. The Bertz CT molecular complexity index is 861. The molecule has 3 rings (SSSR count). The summed E-state index contributed by atoms with van der Waals surface area (Å²) in [6.45, 7) is 1.37. The molecule has 0 aromatic carbocycles. The maximum Gasteiger partial charge on any atom is 0.276 e. The van der Waals surface area contributed by atoms with Crippen LogP contribution in [0.4, 0.5) is 0 Å². The summed E-state index contributed by atoms with van der Waals surface area (Å²) in [6, 6.07) is 5.57. The number of aromatic nitrogens is 5. The van der Waals surface area contributed by atoms with Gasteiger partial charge in [0, 0.05) is 58.6 Å². The molecule has 0 atom stereocenters. The van der Waals surface area contributed by atoms with Gasteiger partial charge >= 0.3 is 0 Å². The normalized spacial score (nSPS) is 11.1. The molecule has 1 N–H and O–H groups in total. The molecule has 0 spiro atoms. The average molecular weight is 482 g/mol. The fourth-order valence-corrected chi connectivity index (χ4v) is 2.52. The van der Waals surface area contributed by atoms with Crippen molar-refractivity contribution in [3.05, 3.63) is 48.2 Å². The third kappa shape index (κ3) is 5.74. The lowest BCUT2D eigenvalue weighted by Gasteiger charge is -2.21. The van der Waals surface area contributed by atoms with Gasteiger partial charge in [-0.05, 0) is 12.1 Å². The number of pyridine rings is 1. The zero-order chi connectivity index (χ0) is 18.4. The van der Waals surface area contributed by atoms with Crippen LogP contribution in [0.3, 0.4) is 0 Å². The van der Waals surface area contributed by atoms with E-state index >= 15 is 0 Å². The van der Waals surface area contributed by atoms with Gasteiger partial charge in [-0.2, -0.15) is 10.1 Å². The first kappa shape index (κ1) is 20.8. The number of aliphatic imine (C=N–C) groups is 1. The molecule has 3 heterocycles. The van der Waals surface area contributed by atoms with E-state index in [0.717, 1.165) is 18.1 Å². The largest absolute Gasteiger partial charge is 0.356 e. The van der Waals surface area contributed by atoms with E-state index in [1.165, 1.54) is 0 Å². The summed E-state index contributed by atoms with van der Waals surface area (Å²) in [5.41, 5.74) is 1.79. The van der Waals surface area contributed by atoms with Gasteiger partial charge in [0.1, 0.15) is 5.69 Å². The highest BCUT2D eigenvalue weighted by Gasteiger charge is 2.11. The van der Waals surface area contributed by atoms with E-state index in [-0.39, 0.29) is 24.0 Å². The molecule has 0 fully saturated rings. The monoisotopic (exact) mass is 482 g/mol. The van der Waals surface area contributed by atoms with Crippen molar-refractivity contribution in [3.63, 3.8) is 0 Å². The van der Waals surface area contributed by atoms with Crippen molar-refractivity contribution in [2.45, 2.75) is 13.0 Å². The minimum Gasteiger partial charge on any atom is -0.356 e. The molecule has 0 aliphatic carbocycles. The minimum atomic E-state index is 0. The number of nitrogens with zero attached hydrogens (tertiary/aromatic N) is 7. The third-order valence-electron chi connectivity index (χ3n) is 3.74. The molecule has 0 saturated carbocycles. The van der Waals surface area contributed by atoms with Gasteiger partial charge in [-0.25, -0.2) is 0 Å². The van der Waals surface area contributed by atoms with Crippen LogP contribution in [0, 0.1) is 0 Å². The Kier molecular flexibility index (Phi) is 7.70. The third-order valence-corrected chi connectivity index (χ3v) is 3.74. The predicted octanol–water partition coefficient (Wildman–Crippen LogP) is 1.73. The number of aryl methyl sites for hydroxylation is 1. The molecule has 9 nitrogen and oxygen atoms in total. The molecule has 0 bridgehead atoms. The SMILES string of the molecule is CN=C(NCCc1noc(-c2ccccn2)n1)N(C)Cc1cnn(C)c1.I. The lowest BCUT2D eigenvalue weighted by molar-refractivity contribution is 0.420. The molecule has 0 radical (unpaired) electrons. The second kappa shape index (κ2) is 10.00. The van der Waals surface area contributed by atoms with Crippen molar-refractivity contribution in [3.8, 4) is 11.6 Å². The van der Waals surface area contributed by atoms with Crippen LogP contribution < -0.4 is 5.32 Å². The van der Waals surface area contributed by atoms with Crippen LogP contribution in [-0.4, -0.2) is 56.4 Å². The molecule has 3 aromatic heterocycles. The Hall–Kier alpha value is -2.50. The number of hydrogen-bond donors (Lipinski definition) is 1. The molecule has 0 unspecified atom stereocenters. The molecule has 3 aromatic rings. The summed E-state index contributed by atoms with van der Waals surface area (Å²) in [6.07, 6.45) is 6.16. The Balaban J connectivity index is 0.00000261. The quantitative estimate of drug-likeness (QED) is 0.325. The maximum absolute atomic E-state index is 5.26. The summed E-state index contributed by atoms with van der Waals surface area (Å²) in [4.78, 5) is 14.9. The summed E-state index contributed by atoms with van der Waals surface area (Å²) in [5, 5.41) is 11.5. The van der Waals surface area contributed by atoms with Gasteiger partial charge in [0.15, 0.2) is 11.8 Å². The number of nitrogens with one attached hydrogen (secondary N) is 1. The molecular weight excluding hydrogens is 459 g/mol. The van der Waals surface area contributed by atoms with Crippen LogP contribution in [0.1, 0.15) is 11.4 Å². The van der Waals surface area contributed by atoms with E-state index in [1.807, 2.05) is 49.6 Å². The van der Waals surface area contributed by atoms with E-state index in [4.69, 9.17) is 4.52 Å². The molecule has 0 aliphatic heterocycles. The van der Waals surface area contributed by atoms with E-state index in [9.17, 15) is 0 Å². The molecule has 10 heteroatoms. The van der Waals surface area contributed by atoms with Crippen LogP contribution in [-0.2, 0) is 20.0 Å². The summed E-state index contributed by atoms with van der Waals surface area (Å²) < 4.78 is 7.05. The second-order valence-electron chi connectivity index (χ2n) is 5.83. The zero-order valence-electron chi connectivity index (χ0n) is 15.5. The molecule has 0 saturated heterocycles. The second-order valence-corrected chi connectivity index (χ2v) is 5.83. The number of hydrogen-bond acceptors (Lipinski definition) is 6. The van der Waals surface area contributed by atoms with E-state index in [2.05, 4.69) is 30.5 Å². The van der Waals surface area contributed by atoms with Crippen molar-refractivity contribution in [1.29, 1.82) is 0 Å². The van der Waals surface area contributed by atoms with Gasteiger partial charge in [0.2, 0.25) is 0 Å². The van der Waals surface area contributed by atoms with Crippen LogP contribution >= 0.6 is 24.0 Å². The van der Waals surface area contributed by atoms with Crippen LogP contribution in [0.2, 0.25) is 0 Å². The van der Waals surface area contributed by atoms with E-state index in [0.29, 0.717) is 30.4 Å². The number of rotatable bonds is 6. The van der Waals surface area contributed by atoms with Crippen LogP contribution in [0.15, 0.2) is 46.3 Å². The number of guanidine groups is 1. The smallest absolute Gasteiger partial charge is 0.276 e. The first-order valence-electron chi connectivity index (χ1n) is 8.29. The Morgan fingerprint density at radius 3 is 2.89 bits per heavy atom. The predicted molar refractivity (Wildman–Crippen MR) is 113 cm³/mol. The topological polar surface area (TPSA) is 97.3 Å². The molecule has 144 valence electrons. The lowest BCUT2D eigenvalue weighted by Crippen LogP contribution is -2.39. The highest BCUT2D eigenvalue weighted by Crippen LogP contribution is 2.13. The highest BCUT2D eigenvalue weighted by molar-refractivity contribution is 14.0. The van der Waals surface area contributed by atoms with Gasteiger partial charge in [-0.15, -0.1) is 24.0 Å². The summed E-state index contributed by atoms with van der Waals surface area (Å²) in [7, 11) is 5.65. The van der Waals surface area contributed by atoms with Gasteiger partial charge in [0.05, 0.1) is 6.20 Å². The Morgan fingerprint density at radius 2 is 2.22 bits per heavy atom. The first-order valence-corrected chi connectivity index (χ1v) is 8.29. The summed E-state index contributed by atoms with van der Waals surface area (Å²) >= 11 is 0. The minimum absolute atomic E-state index is 0. The highest BCUT2D eigenvalue weighted by atomic mass is 127. The summed E-state index contributed by atoms with van der Waals surface area (Å²) in [5.74, 6) is 1.85.